The summed E-state index contributed by atoms with van der Waals surface area (Å²) in [5, 5.41) is 44.8. The fourth-order valence-corrected chi connectivity index (χ4v) is 6.04. The summed E-state index contributed by atoms with van der Waals surface area (Å²) in [6, 6.07) is 17.4. The van der Waals surface area contributed by atoms with E-state index in [2.05, 4.69) is 31.0 Å². The number of hydrogen-bond donors (Lipinski definition) is 4. The third-order valence-corrected chi connectivity index (χ3v) is 8.20. The Morgan fingerprint density at radius 3 is 1.51 bits per heavy atom. The molecule has 4 atom stereocenters. The lowest BCUT2D eigenvalue weighted by Gasteiger charge is -2.09. The lowest BCUT2D eigenvalue weighted by Crippen LogP contribution is -2.20. The molecule has 190 valence electrons. The lowest BCUT2D eigenvalue weighted by atomic mass is 10.1. The van der Waals surface area contributed by atoms with E-state index >= 15 is 0 Å². The van der Waals surface area contributed by atoms with Crippen LogP contribution in [0.2, 0.25) is 0 Å². The number of aliphatic hydroxyl groups is 2. The molecule has 2 aromatic carbocycles. The number of hydrogen-bond acceptors (Lipinski definition) is 10. The van der Waals surface area contributed by atoms with Crippen LogP contribution < -0.4 is 10.6 Å². The highest BCUT2D eigenvalue weighted by molar-refractivity contribution is 7.15. The summed E-state index contributed by atoms with van der Waals surface area (Å²) in [6.07, 6.45) is -0.0118. The summed E-state index contributed by atoms with van der Waals surface area (Å²) in [4.78, 5) is 24.8. The maximum Gasteiger partial charge on any atom is 0.259 e. The third-order valence-electron chi connectivity index (χ3n) is 6.20. The number of aliphatic hydroxyl groups excluding tert-OH is 2. The highest BCUT2D eigenvalue weighted by Gasteiger charge is 2.32. The number of amides is 2. The summed E-state index contributed by atoms with van der Waals surface area (Å²) in [5.41, 5.74) is 1.01. The molecule has 1 aliphatic carbocycles. The predicted molar refractivity (Wildman–Crippen MR) is 139 cm³/mol. The van der Waals surface area contributed by atoms with Crippen LogP contribution in [-0.2, 0) is 9.59 Å². The molecule has 1 fully saturated rings. The lowest BCUT2D eigenvalue weighted by molar-refractivity contribution is -0.124. The van der Waals surface area contributed by atoms with Crippen molar-refractivity contribution < 1.29 is 19.8 Å². The van der Waals surface area contributed by atoms with Gasteiger partial charge in [-0.2, -0.15) is 0 Å². The Labute approximate surface area is 220 Å². The molecule has 4 N–H and O–H groups in total. The van der Waals surface area contributed by atoms with Gasteiger partial charge in [-0.1, -0.05) is 83.3 Å². The number of rotatable bonds is 8. The van der Waals surface area contributed by atoms with Crippen molar-refractivity contribution in [2.45, 2.75) is 43.3 Å². The van der Waals surface area contributed by atoms with Gasteiger partial charge in [-0.05, 0) is 30.4 Å². The third kappa shape index (κ3) is 5.88. The molecule has 2 heterocycles. The predicted octanol–water partition coefficient (Wildman–Crippen LogP) is 3.79. The number of aromatic nitrogens is 4. The van der Waals surface area contributed by atoms with Gasteiger partial charge in [0, 0.05) is 11.8 Å². The first-order chi connectivity index (χ1) is 18.0. The molecule has 2 amide bonds. The van der Waals surface area contributed by atoms with Crippen molar-refractivity contribution in [2.75, 3.05) is 10.6 Å². The molecule has 1 saturated carbocycles. The van der Waals surface area contributed by atoms with E-state index in [0.717, 1.165) is 29.3 Å². The molecule has 0 saturated heterocycles. The normalized spacial score (nSPS) is 18.8. The van der Waals surface area contributed by atoms with Gasteiger partial charge in [0.15, 0.2) is 12.2 Å². The van der Waals surface area contributed by atoms with Crippen LogP contribution in [0, 0.1) is 0 Å². The second-order valence-electron chi connectivity index (χ2n) is 8.70. The monoisotopic (exact) mass is 536 g/mol. The summed E-state index contributed by atoms with van der Waals surface area (Å²) < 4.78 is 0. The molecule has 12 heteroatoms. The van der Waals surface area contributed by atoms with E-state index in [4.69, 9.17) is 0 Å². The largest absolute Gasteiger partial charge is 0.378 e. The minimum Gasteiger partial charge on any atom is -0.378 e. The van der Waals surface area contributed by atoms with Gasteiger partial charge in [0.1, 0.15) is 10.0 Å². The molecule has 0 aliphatic heterocycles. The van der Waals surface area contributed by atoms with Gasteiger partial charge in [0.2, 0.25) is 10.3 Å². The average Bonchev–Trinajstić information content (AvgIpc) is 3.70. The van der Waals surface area contributed by atoms with E-state index in [0.29, 0.717) is 21.4 Å². The molecule has 0 radical (unpaired) electrons. The van der Waals surface area contributed by atoms with E-state index in [-0.39, 0.29) is 11.8 Å². The summed E-state index contributed by atoms with van der Waals surface area (Å²) >= 11 is 2.60. The molecule has 0 unspecified atom stereocenters. The summed E-state index contributed by atoms with van der Waals surface area (Å²) in [6.45, 7) is 0. The molecule has 37 heavy (non-hydrogen) atoms. The van der Waals surface area contributed by atoms with E-state index < -0.39 is 24.0 Å². The van der Waals surface area contributed by atoms with E-state index in [9.17, 15) is 19.8 Å². The first-order valence-corrected chi connectivity index (χ1v) is 13.4. The van der Waals surface area contributed by atoms with Crippen LogP contribution in [0.3, 0.4) is 0 Å². The van der Waals surface area contributed by atoms with E-state index in [1.165, 1.54) is 22.7 Å². The molecule has 10 nitrogen and oxygen atoms in total. The number of carbonyl (C=O) groups excluding carboxylic acids is 2. The fourth-order valence-electron chi connectivity index (χ4n) is 4.25. The number of benzene rings is 2. The van der Waals surface area contributed by atoms with Crippen molar-refractivity contribution in [2.24, 2.45) is 0 Å². The zero-order valence-electron chi connectivity index (χ0n) is 19.5. The zero-order chi connectivity index (χ0) is 25.8. The highest BCUT2D eigenvalue weighted by Crippen LogP contribution is 2.45. The van der Waals surface area contributed by atoms with E-state index in [1.807, 2.05) is 12.1 Å². The molecular weight excluding hydrogens is 512 g/mol. The average molecular weight is 537 g/mol. The zero-order valence-corrected chi connectivity index (χ0v) is 21.2. The van der Waals surface area contributed by atoms with Crippen molar-refractivity contribution in [3.63, 3.8) is 0 Å². The van der Waals surface area contributed by atoms with Gasteiger partial charge in [-0.15, -0.1) is 20.4 Å². The van der Waals surface area contributed by atoms with Crippen molar-refractivity contribution in [1.29, 1.82) is 0 Å². The second-order valence-corrected chi connectivity index (χ2v) is 10.7. The van der Waals surface area contributed by atoms with Crippen LogP contribution in [0.4, 0.5) is 10.3 Å². The van der Waals surface area contributed by atoms with E-state index in [1.54, 1.807) is 48.5 Å². The Morgan fingerprint density at radius 1 is 0.703 bits per heavy atom. The molecule has 4 aromatic rings. The SMILES string of the molecule is O=C(Nc1nnc([C@H]2CC[C@H](c3nnc(NC(=O)[C@H](O)c4ccccc4)s3)C2)s1)[C@H](O)c1ccccc1. The maximum absolute atomic E-state index is 12.4. The minimum atomic E-state index is -1.29. The molecule has 1 aliphatic rings. The molecule has 5 rings (SSSR count). The Bertz CT molecular complexity index is 1260. The summed E-state index contributed by atoms with van der Waals surface area (Å²) in [7, 11) is 0. The van der Waals surface area contributed by atoms with Crippen LogP contribution in [-0.4, -0.2) is 42.4 Å². The number of carbonyl (C=O) groups is 2. The smallest absolute Gasteiger partial charge is 0.259 e. The number of anilines is 2. The van der Waals surface area contributed by atoms with Gasteiger partial charge in [-0.25, -0.2) is 0 Å². The van der Waals surface area contributed by atoms with Gasteiger partial charge in [-0.3, -0.25) is 20.2 Å². The Hall–Kier alpha value is -3.58. The quantitative estimate of drug-likeness (QED) is 0.266. The summed E-state index contributed by atoms with van der Waals surface area (Å²) in [5.74, 6) is -0.791. The van der Waals surface area contributed by atoms with Gasteiger partial charge >= 0.3 is 0 Å². The van der Waals surface area contributed by atoms with Gasteiger partial charge < -0.3 is 10.2 Å². The van der Waals surface area contributed by atoms with Crippen LogP contribution in [0.15, 0.2) is 60.7 Å². The van der Waals surface area contributed by atoms with Crippen LogP contribution in [0.1, 0.15) is 64.4 Å². The molecule has 2 aromatic heterocycles. The van der Waals surface area contributed by atoms with Crippen molar-refractivity contribution in [3.8, 4) is 0 Å². The van der Waals surface area contributed by atoms with Gasteiger partial charge in [0.05, 0.1) is 0 Å². The van der Waals surface area contributed by atoms with Crippen molar-refractivity contribution >= 4 is 44.8 Å². The number of nitrogens with one attached hydrogen (secondary N) is 2. The standard InChI is InChI=1S/C25H24N6O4S2/c32-18(14-7-3-1-4-8-14)20(34)26-24-30-28-22(36-24)16-11-12-17(13-16)23-29-31-25(37-23)27-21(35)19(33)15-9-5-2-6-10-15/h1-10,16-19,32-33H,11-13H2,(H,26,30,34)(H,27,31,35)/t16-,17-,18+,19+/m0/s1. The molecule has 0 spiro atoms. The fraction of sp³-hybridized carbons (Fsp3) is 0.280. The van der Waals surface area contributed by atoms with Crippen LogP contribution >= 0.6 is 22.7 Å². The maximum atomic E-state index is 12.4. The molecular formula is C25H24N6O4S2. The van der Waals surface area contributed by atoms with Crippen LogP contribution in [0.25, 0.3) is 0 Å². The topological polar surface area (TPSA) is 150 Å². The van der Waals surface area contributed by atoms with Crippen LogP contribution in [0.5, 0.6) is 0 Å². The van der Waals surface area contributed by atoms with Crippen molar-refractivity contribution in [1.82, 2.24) is 20.4 Å². The molecule has 0 bridgehead atoms. The highest BCUT2D eigenvalue weighted by atomic mass is 32.1. The Kier molecular flexibility index (Phi) is 7.60. The number of nitrogens with zero attached hydrogens (tertiary/aromatic N) is 4. The van der Waals surface area contributed by atoms with Crippen molar-refractivity contribution in [3.05, 3.63) is 81.8 Å². The minimum absolute atomic E-state index is 0.161. The van der Waals surface area contributed by atoms with Gasteiger partial charge in [0.25, 0.3) is 11.8 Å². The Balaban J connectivity index is 1.16. The Morgan fingerprint density at radius 2 is 1.11 bits per heavy atom. The first-order valence-electron chi connectivity index (χ1n) is 11.7. The first kappa shape index (κ1) is 25.1. The second kappa shape index (κ2) is 11.2.